The Morgan fingerprint density at radius 1 is 1.00 bits per heavy atom. The molecule has 19 heavy (non-hydrogen) atoms. The summed E-state index contributed by atoms with van der Waals surface area (Å²) in [5.74, 6) is 0. The Morgan fingerprint density at radius 2 is 1.68 bits per heavy atom. The molecule has 0 amide bonds. The van der Waals surface area contributed by atoms with E-state index in [0.717, 1.165) is 16.9 Å². The molecule has 2 nitrogen and oxygen atoms in total. The Bertz CT molecular complexity index is 328. The van der Waals surface area contributed by atoms with Crippen molar-refractivity contribution in [1.29, 1.82) is 0 Å². The number of ether oxygens (including phenoxy) is 1. The summed E-state index contributed by atoms with van der Waals surface area (Å²) in [5, 5.41) is 0. The van der Waals surface area contributed by atoms with E-state index < -0.39 is 0 Å². The maximum absolute atomic E-state index is 6.51. The van der Waals surface area contributed by atoms with Crippen molar-refractivity contribution in [3.05, 3.63) is 0 Å². The van der Waals surface area contributed by atoms with E-state index in [1.165, 1.54) is 70.8 Å². The van der Waals surface area contributed by atoms with Crippen molar-refractivity contribution in [3.63, 3.8) is 0 Å². The molecule has 1 spiro atoms. The highest BCUT2D eigenvalue weighted by Crippen LogP contribution is 2.45. The first-order chi connectivity index (χ1) is 9.24. The predicted octanol–water partition coefficient (Wildman–Crippen LogP) is 3.87. The van der Waals surface area contributed by atoms with Crippen LogP contribution in [0.2, 0.25) is 0 Å². The molecule has 108 valence electrons. The second-order valence-electron chi connectivity index (χ2n) is 7.32. The largest absolute Gasteiger partial charge is 0.370 e. The third-order valence-electron chi connectivity index (χ3n) is 6.09. The smallest absolute Gasteiger partial charge is 0.0710 e. The van der Waals surface area contributed by atoms with E-state index >= 15 is 0 Å². The SMILES string of the molecule is BrC1CC2CCC(C1)N2CC1CCC2(CCCC2)O1. The van der Waals surface area contributed by atoms with E-state index in [1.807, 2.05) is 0 Å². The van der Waals surface area contributed by atoms with Crippen molar-refractivity contribution in [1.82, 2.24) is 4.90 Å². The van der Waals surface area contributed by atoms with Crippen LogP contribution in [0.3, 0.4) is 0 Å². The molecule has 4 aliphatic rings. The summed E-state index contributed by atoms with van der Waals surface area (Å²) in [7, 11) is 0. The highest BCUT2D eigenvalue weighted by atomic mass is 79.9. The number of hydrogen-bond acceptors (Lipinski definition) is 2. The third kappa shape index (κ3) is 2.40. The van der Waals surface area contributed by atoms with E-state index in [1.54, 1.807) is 0 Å². The lowest BCUT2D eigenvalue weighted by Gasteiger charge is -2.38. The third-order valence-corrected chi connectivity index (χ3v) is 6.84. The Hall–Kier alpha value is 0.400. The lowest BCUT2D eigenvalue weighted by molar-refractivity contribution is -0.0549. The predicted molar refractivity (Wildman–Crippen MR) is 80.8 cm³/mol. The van der Waals surface area contributed by atoms with Crippen LogP contribution in [0.5, 0.6) is 0 Å². The minimum Gasteiger partial charge on any atom is -0.370 e. The zero-order chi connectivity index (χ0) is 12.9. The normalized spacial score (nSPS) is 45.3. The zero-order valence-electron chi connectivity index (χ0n) is 11.8. The van der Waals surface area contributed by atoms with Gasteiger partial charge in [0, 0.05) is 23.5 Å². The van der Waals surface area contributed by atoms with Crippen LogP contribution in [0.15, 0.2) is 0 Å². The molecule has 3 aliphatic heterocycles. The molecule has 3 heterocycles. The number of nitrogens with zero attached hydrogens (tertiary/aromatic N) is 1. The van der Waals surface area contributed by atoms with Gasteiger partial charge in [-0.25, -0.2) is 0 Å². The Labute approximate surface area is 125 Å². The molecule has 0 N–H and O–H groups in total. The number of hydrogen-bond donors (Lipinski definition) is 0. The van der Waals surface area contributed by atoms with E-state index in [-0.39, 0.29) is 0 Å². The van der Waals surface area contributed by atoms with Gasteiger partial charge in [-0.05, 0) is 51.4 Å². The fraction of sp³-hybridized carbons (Fsp3) is 1.00. The van der Waals surface area contributed by atoms with Crippen molar-refractivity contribution >= 4 is 15.9 Å². The van der Waals surface area contributed by atoms with E-state index in [2.05, 4.69) is 20.8 Å². The molecule has 3 saturated heterocycles. The molecule has 0 aromatic heterocycles. The Morgan fingerprint density at radius 3 is 2.37 bits per heavy atom. The molecule has 3 atom stereocenters. The van der Waals surface area contributed by atoms with Crippen molar-refractivity contribution in [3.8, 4) is 0 Å². The van der Waals surface area contributed by atoms with Crippen LogP contribution in [0, 0.1) is 0 Å². The Kier molecular flexibility index (Phi) is 3.44. The summed E-state index contributed by atoms with van der Waals surface area (Å²) in [6, 6.07) is 1.68. The van der Waals surface area contributed by atoms with Gasteiger partial charge in [0.15, 0.2) is 0 Å². The highest BCUT2D eigenvalue weighted by Gasteiger charge is 2.45. The number of rotatable bonds is 2. The van der Waals surface area contributed by atoms with Crippen LogP contribution in [0.4, 0.5) is 0 Å². The second-order valence-corrected chi connectivity index (χ2v) is 8.61. The molecule has 0 aromatic rings. The van der Waals surface area contributed by atoms with Crippen molar-refractivity contribution in [2.24, 2.45) is 0 Å². The molecule has 3 unspecified atom stereocenters. The lowest BCUT2D eigenvalue weighted by atomic mass is 9.98. The first-order valence-corrected chi connectivity index (χ1v) is 9.23. The molecule has 0 aromatic carbocycles. The van der Waals surface area contributed by atoms with Gasteiger partial charge in [0.2, 0.25) is 0 Å². The number of fused-ring (bicyclic) bond motifs is 2. The summed E-state index contributed by atoms with van der Waals surface area (Å²) in [5.41, 5.74) is 0.317. The molecular weight excluding hydrogens is 302 g/mol. The molecule has 2 bridgehead atoms. The summed E-state index contributed by atoms with van der Waals surface area (Å²) in [6.07, 6.45) is 14.2. The van der Waals surface area contributed by atoms with Crippen LogP contribution in [0.25, 0.3) is 0 Å². The standard InChI is InChI=1S/C16H26BrNO/c17-12-9-13-3-4-14(10-12)18(13)11-15-5-8-16(19-15)6-1-2-7-16/h12-15H,1-11H2. The summed E-state index contributed by atoms with van der Waals surface area (Å²) >= 11 is 3.84. The molecule has 0 radical (unpaired) electrons. The van der Waals surface area contributed by atoms with Crippen molar-refractivity contribution in [2.45, 2.75) is 92.8 Å². The van der Waals surface area contributed by atoms with E-state index in [0.29, 0.717) is 11.7 Å². The summed E-state index contributed by atoms with van der Waals surface area (Å²) < 4.78 is 6.51. The van der Waals surface area contributed by atoms with Crippen LogP contribution in [0.1, 0.15) is 64.2 Å². The fourth-order valence-electron chi connectivity index (χ4n) is 5.15. The summed E-state index contributed by atoms with van der Waals surface area (Å²) in [4.78, 5) is 3.57. The molecule has 4 rings (SSSR count). The van der Waals surface area contributed by atoms with Crippen LogP contribution in [-0.2, 0) is 4.74 Å². The van der Waals surface area contributed by atoms with Crippen LogP contribution in [-0.4, -0.2) is 40.1 Å². The van der Waals surface area contributed by atoms with Gasteiger partial charge in [-0.2, -0.15) is 0 Å². The van der Waals surface area contributed by atoms with E-state index in [4.69, 9.17) is 4.74 Å². The molecule has 1 saturated carbocycles. The highest BCUT2D eigenvalue weighted by molar-refractivity contribution is 9.09. The van der Waals surface area contributed by atoms with Crippen molar-refractivity contribution in [2.75, 3.05) is 6.54 Å². The zero-order valence-corrected chi connectivity index (χ0v) is 13.4. The van der Waals surface area contributed by atoms with Gasteiger partial charge in [0.1, 0.15) is 0 Å². The first-order valence-electron chi connectivity index (χ1n) is 8.32. The molecule has 3 heteroatoms. The summed E-state index contributed by atoms with van der Waals surface area (Å²) in [6.45, 7) is 1.22. The first kappa shape index (κ1) is 13.1. The van der Waals surface area contributed by atoms with Gasteiger partial charge in [-0.3, -0.25) is 4.90 Å². The van der Waals surface area contributed by atoms with Crippen LogP contribution < -0.4 is 0 Å². The second kappa shape index (κ2) is 4.99. The Balaban J connectivity index is 1.38. The quantitative estimate of drug-likeness (QED) is 0.714. The lowest BCUT2D eigenvalue weighted by Crippen LogP contribution is -2.47. The molecule has 1 aliphatic carbocycles. The fourth-order valence-corrected chi connectivity index (χ4v) is 6.02. The maximum atomic E-state index is 6.51. The average Bonchev–Trinajstić information content (AvgIpc) is 3.05. The topological polar surface area (TPSA) is 12.5 Å². The minimum absolute atomic E-state index is 0.317. The monoisotopic (exact) mass is 327 g/mol. The van der Waals surface area contributed by atoms with E-state index in [9.17, 15) is 0 Å². The number of alkyl halides is 1. The van der Waals surface area contributed by atoms with Gasteiger partial charge in [-0.1, -0.05) is 28.8 Å². The van der Waals surface area contributed by atoms with Gasteiger partial charge in [0.05, 0.1) is 11.7 Å². The van der Waals surface area contributed by atoms with Gasteiger partial charge in [0.25, 0.3) is 0 Å². The average molecular weight is 328 g/mol. The number of piperidine rings is 1. The van der Waals surface area contributed by atoms with Gasteiger partial charge >= 0.3 is 0 Å². The van der Waals surface area contributed by atoms with Gasteiger partial charge in [-0.15, -0.1) is 0 Å². The number of halogens is 1. The molecular formula is C16H26BrNO. The van der Waals surface area contributed by atoms with Gasteiger partial charge < -0.3 is 4.74 Å². The molecule has 4 fully saturated rings. The van der Waals surface area contributed by atoms with Crippen LogP contribution >= 0.6 is 15.9 Å². The van der Waals surface area contributed by atoms with Crippen molar-refractivity contribution < 1.29 is 4.74 Å². The minimum atomic E-state index is 0.317. The maximum Gasteiger partial charge on any atom is 0.0710 e.